The van der Waals surface area contributed by atoms with Gasteiger partial charge in [0.15, 0.2) is 0 Å². The summed E-state index contributed by atoms with van der Waals surface area (Å²) < 4.78 is 25.2. The molecule has 0 aliphatic carbocycles. The highest BCUT2D eigenvalue weighted by Gasteiger charge is 2.34. The lowest BCUT2D eigenvalue weighted by atomic mass is 10.1. The van der Waals surface area contributed by atoms with Crippen molar-refractivity contribution in [2.45, 2.75) is 38.5 Å². The molecule has 166 valence electrons. The minimum Gasteiger partial charge on any atom is -0.486 e. The number of fused-ring (bicyclic) bond motifs is 1. The molecule has 3 heterocycles. The lowest BCUT2D eigenvalue weighted by Gasteiger charge is -2.25. The minimum absolute atomic E-state index is 0.136. The van der Waals surface area contributed by atoms with Crippen molar-refractivity contribution < 1.29 is 23.8 Å². The number of aliphatic hydroxyl groups excluding tert-OH is 1. The highest BCUT2D eigenvalue weighted by molar-refractivity contribution is 6.02. The standard InChI is InChI=1S/C23H23FN4O4/c1-13-8-14(2-3-17(13)24)27-23-16-9-19(28-21(29)4-5-22(28)30)20(10-18(16)25-12-26-23)32-15-6-7-31-11-15/h2-3,8-10,12,15,21,29H,4-7,11H2,1H3,(H,25,26,27). The SMILES string of the molecule is Cc1cc(Nc2ncnc3cc(OC4CCOC4)c(N4C(=O)CCC4O)cc23)ccc1F. The second kappa shape index (κ2) is 8.33. The Balaban J connectivity index is 1.60. The van der Waals surface area contributed by atoms with Crippen molar-refractivity contribution in [2.75, 3.05) is 23.4 Å². The van der Waals surface area contributed by atoms with E-state index in [-0.39, 0.29) is 24.2 Å². The van der Waals surface area contributed by atoms with Crippen LogP contribution in [-0.2, 0) is 9.53 Å². The molecule has 0 bridgehead atoms. The van der Waals surface area contributed by atoms with E-state index < -0.39 is 6.23 Å². The summed E-state index contributed by atoms with van der Waals surface area (Å²) in [7, 11) is 0. The molecule has 0 saturated carbocycles. The van der Waals surface area contributed by atoms with E-state index in [1.54, 1.807) is 31.2 Å². The second-order valence-corrected chi connectivity index (χ2v) is 8.03. The second-order valence-electron chi connectivity index (χ2n) is 8.03. The molecule has 1 aromatic heterocycles. The van der Waals surface area contributed by atoms with Gasteiger partial charge in [-0.25, -0.2) is 14.4 Å². The maximum atomic E-state index is 13.7. The van der Waals surface area contributed by atoms with Gasteiger partial charge in [0.2, 0.25) is 5.91 Å². The quantitative estimate of drug-likeness (QED) is 0.630. The number of rotatable bonds is 5. The number of halogens is 1. The lowest BCUT2D eigenvalue weighted by Crippen LogP contribution is -2.33. The number of hydrogen-bond acceptors (Lipinski definition) is 7. The molecule has 2 aromatic carbocycles. The van der Waals surface area contributed by atoms with Crippen molar-refractivity contribution >= 4 is 34.0 Å². The van der Waals surface area contributed by atoms with Crippen LogP contribution in [0.1, 0.15) is 24.8 Å². The van der Waals surface area contributed by atoms with Crippen molar-refractivity contribution in [3.05, 3.63) is 48.0 Å². The van der Waals surface area contributed by atoms with Gasteiger partial charge in [-0.15, -0.1) is 0 Å². The Morgan fingerprint density at radius 1 is 1.25 bits per heavy atom. The third-order valence-corrected chi connectivity index (χ3v) is 5.76. The maximum Gasteiger partial charge on any atom is 0.229 e. The number of anilines is 3. The van der Waals surface area contributed by atoms with Crippen LogP contribution in [0.25, 0.3) is 10.9 Å². The highest BCUT2D eigenvalue weighted by Crippen LogP contribution is 2.39. The fourth-order valence-corrected chi connectivity index (χ4v) is 4.06. The van der Waals surface area contributed by atoms with Gasteiger partial charge in [0.1, 0.15) is 36.0 Å². The summed E-state index contributed by atoms with van der Waals surface area (Å²) in [4.78, 5) is 22.6. The molecule has 2 N–H and O–H groups in total. The summed E-state index contributed by atoms with van der Waals surface area (Å²) in [6, 6.07) is 8.22. The van der Waals surface area contributed by atoms with Gasteiger partial charge in [-0.05, 0) is 36.8 Å². The van der Waals surface area contributed by atoms with E-state index in [1.807, 2.05) is 0 Å². The first kappa shape index (κ1) is 20.6. The number of nitrogens with one attached hydrogen (secondary N) is 1. The number of benzene rings is 2. The van der Waals surface area contributed by atoms with E-state index in [4.69, 9.17) is 9.47 Å². The van der Waals surface area contributed by atoms with E-state index >= 15 is 0 Å². The van der Waals surface area contributed by atoms with Crippen molar-refractivity contribution in [2.24, 2.45) is 0 Å². The van der Waals surface area contributed by atoms with E-state index in [9.17, 15) is 14.3 Å². The van der Waals surface area contributed by atoms with Gasteiger partial charge in [-0.3, -0.25) is 9.69 Å². The molecule has 0 spiro atoms. The first-order chi connectivity index (χ1) is 15.5. The normalized spacial score (nSPS) is 20.8. The molecule has 2 fully saturated rings. The van der Waals surface area contributed by atoms with Crippen LogP contribution in [-0.4, -0.2) is 46.5 Å². The molecule has 2 aliphatic rings. The van der Waals surface area contributed by atoms with Crippen LogP contribution < -0.4 is 15.0 Å². The molecular weight excluding hydrogens is 415 g/mol. The minimum atomic E-state index is -0.928. The van der Waals surface area contributed by atoms with Crippen LogP contribution in [0.15, 0.2) is 36.7 Å². The maximum absolute atomic E-state index is 13.7. The summed E-state index contributed by atoms with van der Waals surface area (Å²) in [5, 5.41) is 14.3. The molecule has 32 heavy (non-hydrogen) atoms. The van der Waals surface area contributed by atoms with E-state index in [1.165, 1.54) is 17.3 Å². The smallest absolute Gasteiger partial charge is 0.229 e. The summed E-state index contributed by atoms with van der Waals surface area (Å²) in [5.41, 5.74) is 2.26. The van der Waals surface area contributed by atoms with Crippen LogP contribution in [0.2, 0.25) is 0 Å². The molecular formula is C23H23FN4O4. The van der Waals surface area contributed by atoms with Crippen molar-refractivity contribution in [1.82, 2.24) is 9.97 Å². The molecule has 1 amide bonds. The van der Waals surface area contributed by atoms with Crippen molar-refractivity contribution in [3.63, 3.8) is 0 Å². The van der Waals surface area contributed by atoms with Crippen LogP contribution in [0, 0.1) is 12.7 Å². The molecule has 0 radical (unpaired) electrons. The number of carbonyl (C=O) groups excluding carboxylic acids is 1. The highest BCUT2D eigenvalue weighted by atomic mass is 19.1. The number of nitrogens with zero attached hydrogens (tertiary/aromatic N) is 3. The van der Waals surface area contributed by atoms with Crippen LogP contribution in [0.3, 0.4) is 0 Å². The van der Waals surface area contributed by atoms with Gasteiger partial charge in [0.25, 0.3) is 0 Å². The third-order valence-electron chi connectivity index (χ3n) is 5.76. The molecule has 2 atom stereocenters. The Bertz CT molecular complexity index is 1180. The number of aromatic nitrogens is 2. The largest absolute Gasteiger partial charge is 0.486 e. The molecule has 2 saturated heterocycles. The van der Waals surface area contributed by atoms with E-state index in [2.05, 4.69) is 15.3 Å². The number of aryl methyl sites for hydroxylation is 1. The summed E-state index contributed by atoms with van der Waals surface area (Å²) >= 11 is 0. The van der Waals surface area contributed by atoms with Gasteiger partial charge >= 0.3 is 0 Å². The summed E-state index contributed by atoms with van der Waals surface area (Å²) in [6.45, 7) is 2.77. The average Bonchev–Trinajstić information content (AvgIpc) is 3.40. The predicted molar refractivity (Wildman–Crippen MR) is 117 cm³/mol. The van der Waals surface area contributed by atoms with E-state index in [0.29, 0.717) is 59.0 Å². The zero-order valence-electron chi connectivity index (χ0n) is 17.5. The Kier molecular flexibility index (Phi) is 5.36. The number of amides is 1. The van der Waals surface area contributed by atoms with E-state index in [0.717, 1.165) is 6.42 Å². The van der Waals surface area contributed by atoms with Gasteiger partial charge < -0.3 is 19.9 Å². The summed E-state index contributed by atoms with van der Waals surface area (Å²) in [6.07, 6.45) is 1.73. The fraction of sp³-hybridized carbons (Fsp3) is 0.348. The molecule has 3 aromatic rings. The monoisotopic (exact) mass is 438 g/mol. The third kappa shape index (κ3) is 3.85. The summed E-state index contributed by atoms with van der Waals surface area (Å²) in [5.74, 6) is 0.498. The zero-order chi connectivity index (χ0) is 22.2. The van der Waals surface area contributed by atoms with Crippen LogP contribution in [0.4, 0.5) is 21.6 Å². The Morgan fingerprint density at radius 2 is 2.12 bits per heavy atom. The Labute approximate surface area is 184 Å². The van der Waals surface area contributed by atoms with Gasteiger partial charge in [0, 0.05) is 36.4 Å². The van der Waals surface area contributed by atoms with Gasteiger partial charge in [-0.1, -0.05) is 0 Å². The lowest BCUT2D eigenvalue weighted by molar-refractivity contribution is -0.117. The van der Waals surface area contributed by atoms with Crippen LogP contribution >= 0.6 is 0 Å². The Morgan fingerprint density at radius 3 is 2.84 bits per heavy atom. The average molecular weight is 438 g/mol. The molecule has 5 rings (SSSR count). The predicted octanol–water partition coefficient (Wildman–Crippen LogP) is 3.43. The molecule has 2 unspecified atom stereocenters. The number of hydrogen-bond donors (Lipinski definition) is 2. The zero-order valence-corrected chi connectivity index (χ0v) is 17.5. The topological polar surface area (TPSA) is 96.8 Å². The van der Waals surface area contributed by atoms with Crippen molar-refractivity contribution in [1.29, 1.82) is 0 Å². The number of carbonyl (C=O) groups is 1. The Hall–Kier alpha value is -3.30. The van der Waals surface area contributed by atoms with Gasteiger partial charge in [-0.2, -0.15) is 0 Å². The fourth-order valence-electron chi connectivity index (χ4n) is 4.06. The molecule has 2 aliphatic heterocycles. The first-order valence-corrected chi connectivity index (χ1v) is 10.6. The number of aliphatic hydroxyl groups is 1. The van der Waals surface area contributed by atoms with Crippen LogP contribution in [0.5, 0.6) is 5.75 Å². The molecule has 8 nitrogen and oxygen atoms in total. The number of ether oxygens (including phenoxy) is 2. The van der Waals surface area contributed by atoms with Crippen molar-refractivity contribution in [3.8, 4) is 5.75 Å². The molecule has 9 heteroatoms. The van der Waals surface area contributed by atoms with Gasteiger partial charge in [0.05, 0.1) is 24.4 Å². The first-order valence-electron chi connectivity index (χ1n) is 10.6.